The molecule has 1 fully saturated rings. The summed E-state index contributed by atoms with van der Waals surface area (Å²) in [5.41, 5.74) is 0. The van der Waals surface area contributed by atoms with Crippen LogP contribution < -0.4 is 5.32 Å². The molecule has 6 heteroatoms. The lowest BCUT2D eigenvalue weighted by Crippen LogP contribution is -2.50. The molecule has 1 rings (SSSR count). The van der Waals surface area contributed by atoms with E-state index in [1.807, 2.05) is 27.7 Å². The van der Waals surface area contributed by atoms with E-state index in [-0.39, 0.29) is 6.04 Å². The second-order valence-corrected chi connectivity index (χ2v) is 7.35. The molecule has 114 valence electrons. The maximum atomic E-state index is 12.6. The predicted octanol–water partition coefficient (Wildman–Crippen LogP) is 1.28. The average Bonchev–Trinajstić information content (AvgIpc) is 2.37. The normalized spacial score (nSPS) is 21.5. The maximum absolute atomic E-state index is 12.6. The molecule has 1 heterocycles. The molecule has 0 amide bonds. The van der Waals surface area contributed by atoms with Crippen molar-refractivity contribution in [3.05, 3.63) is 0 Å². The highest BCUT2D eigenvalue weighted by Crippen LogP contribution is 2.18. The lowest BCUT2D eigenvalue weighted by Gasteiger charge is -2.35. The molecule has 19 heavy (non-hydrogen) atoms. The zero-order chi connectivity index (χ0) is 14.5. The van der Waals surface area contributed by atoms with Gasteiger partial charge in [-0.05, 0) is 45.7 Å². The van der Waals surface area contributed by atoms with Crippen LogP contribution in [0.2, 0.25) is 0 Å². The summed E-state index contributed by atoms with van der Waals surface area (Å²) in [6.07, 6.45) is 2.26. The van der Waals surface area contributed by atoms with Gasteiger partial charge in [0.1, 0.15) is 0 Å². The molecule has 0 spiro atoms. The summed E-state index contributed by atoms with van der Waals surface area (Å²) in [6, 6.07) is 0.00697. The van der Waals surface area contributed by atoms with Gasteiger partial charge in [-0.1, -0.05) is 13.8 Å². The van der Waals surface area contributed by atoms with Crippen molar-refractivity contribution in [2.75, 3.05) is 32.7 Å². The summed E-state index contributed by atoms with van der Waals surface area (Å²) in [7, 11) is -3.32. The second kappa shape index (κ2) is 7.57. The summed E-state index contributed by atoms with van der Waals surface area (Å²) in [5, 5.41) is 3.35. The third-order valence-electron chi connectivity index (χ3n) is 3.74. The first kappa shape index (κ1) is 16.9. The van der Waals surface area contributed by atoms with Crippen molar-refractivity contribution in [2.45, 2.75) is 46.6 Å². The van der Waals surface area contributed by atoms with Crippen LogP contribution in [0, 0.1) is 5.92 Å². The van der Waals surface area contributed by atoms with Gasteiger partial charge in [0, 0.05) is 25.7 Å². The molecule has 0 saturated carbocycles. The van der Waals surface area contributed by atoms with E-state index in [4.69, 9.17) is 0 Å². The van der Waals surface area contributed by atoms with Gasteiger partial charge in [-0.3, -0.25) is 0 Å². The van der Waals surface area contributed by atoms with Gasteiger partial charge in [-0.2, -0.15) is 17.0 Å². The fraction of sp³-hybridized carbons (Fsp3) is 1.00. The molecular weight excluding hydrogens is 262 g/mol. The van der Waals surface area contributed by atoms with Crippen LogP contribution >= 0.6 is 0 Å². The lowest BCUT2D eigenvalue weighted by molar-refractivity contribution is 0.247. The van der Waals surface area contributed by atoms with Gasteiger partial charge < -0.3 is 5.32 Å². The third-order valence-corrected chi connectivity index (χ3v) is 6.07. The minimum atomic E-state index is -3.32. The summed E-state index contributed by atoms with van der Waals surface area (Å²) in [4.78, 5) is 0. The standard InChI is InChI=1S/C13H29N3O2S/c1-5-15(6-2)19(17,18)16(12(3)4)11-13-8-7-9-14-10-13/h12-14H,5-11H2,1-4H3. The van der Waals surface area contributed by atoms with Gasteiger partial charge >= 0.3 is 0 Å². The Hall–Kier alpha value is -0.170. The van der Waals surface area contributed by atoms with E-state index in [0.29, 0.717) is 25.6 Å². The van der Waals surface area contributed by atoms with Gasteiger partial charge in [0.15, 0.2) is 0 Å². The molecule has 0 aromatic heterocycles. The lowest BCUT2D eigenvalue weighted by atomic mass is 9.99. The van der Waals surface area contributed by atoms with Crippen molar-refractivity contribution in [3.8, 4) is 0 Å². The quantitative estimate of drug-likeness (QED) is 0.769. The fourth-order valence-electron chi connectivity index (χ4n) is 2.60. The molecular formula is C13H29N3O2S. The zero-order valence-electron chi connectivity index (χ0n) is 12.7. The van der Waals surface area contributed by atoms with Gasteiger partial charge in [-0.15, -0.1) is 0 Å². The summed E-state index contributed by atoms with van der Waals surface area (Å²) < 4.78 is 28.5. The molecule has 0 bridgehead atoms. The molecule has 0 aliphatic carbocycles. The maximum Gasteiger partial charge on any atom is 0.282 e. The summed E-state index contributed by atoms with van der Waals surface area (Å²) in [6.45, 7) is 11.4. The van der Waals surface area contributed by atoms with Crippen LogP contribution in [0.25, 0.3) is 0 Å². The van der Waals surface area contributed by atoms with Gasteiger partial charge in [0.25, 0.3) is 10.2 Å². The van der Waals surface area contributed by atoms with Crippen LogP contribution in [0.1, 0.15) is 40.5 Å². The highest BCUT2D eigenvalue weighted by atomic mass is 32.2. The second-order valence-electron chi connectivity index (χ2n) is 5.47. The monoisotopic (exact) mass is 291 g/mol. The van der Waals surface area contributed by atoms with E-state index < -0.39 is 10.2 Å². The Morgan fingerprint density at radius 3 is 2.32 bits per heavy atom. The number of hydrogen-bond acceptors (Lipinski definition) is 3. The molecule has 1 saturated heterocycles. The first-order valence-electron chi connectivity index (χ1n) is 7.41. The van der Waals surface area contributed by atoms with Crippen LogP contribution in [-0.4, -0.2) is 55.8 Å². The molecule has 1 atom stereocenters. The Morgan fingerprint density at radius 1 is 1.26 bits per heavy atom. The summed E-state index contributed by atoms with van der Waals surface area (Å²) in [5.74, 6) is 0.432. The van der Waals surface area contributed by atoms with Crippen molar-refractivity contribution >= 4 is 10.2 Å². The van der Waals surface area contributed by atoms with Gasteiger partial charge in [0.05, 0.1) is 0 Å². The Balaban J connectivity index is 2.81. The van der Waals surface area contributed by atoms with E-state index >= 15 is 0 Å². The van der Waals surface area contributed by atoms with Gasteiger partial charge in [-0.25, -0.2) is 0 Å². The molecule has 0 aromatic carbocycles. The summed E-state index contributed by atoms with van der Waals surface area (Å²) >= 11 is 0. The minimum absolute atomic E-state index is 0.00697. The number of piperidine rings is 1. The minimum Gasteiger partial charge on any atom is -0.316 e. The smallest absolute Gasteiger partial charge is 0.282 e. The number of nitrogens with one attached hydrogen (secondary N) is 1. The van der Waals surface area contributed by atoms with Crippen molar-refractivity contribution in [2.24, 2.45) is 5.92 Å². The molecule has 0 radical (unpaired) electrons. The van der Waals surface area contributed by atoms with Crippen LogP contribution in [0.3, 0.4) is 0 Å². The highest BCUT2D eigenvalue weighted by Gasteiger charge is 2.32. The van der Waals surface area contributed by atoms with Crippen molar-refractivity contribution in [1.29, 1.82) is 0 Å². The number of rotatable bonds is 7. The van der Waals surface area contributed by atoms with E-state index in [9.17, 15) is 8.42 Å². The van der Waals surface area contributed by atoms with Crippen molar-refractivity contribution < 1.29 is 8.42 Å². The van der Waals surface area contributed by atoms with E-state index in [0.717, 1.165) is 25.9 Å². The molecule has 1 unspecified atom stereocenters. The topological polar surface area (TPSA) is 52.7 Å². The van der Waals surface area contributed by atoms with Crippen LogP contribution in [0.5, 0.6) is 0 Å². The van der Waals surface area contributed by atoms with Gasteiger partial charge in [0.2, 0.25) is 0 Å². The Bertz CT molecular complexity index is 347. The SMILES string of the molecule is CCN(CC)S(=O)(=O)N(CC1CCCNC1)C(C)C. The van der Waals surface area contributed by atoms with E-state index in [1.165, 1.54) is 0 Å². The van der Waals surface area contributed by atoms with E-state index in [1.54, 1.807) is 8.61 Å². The van der Waals surface area contributed by atoms with Crippen LogP contribution in [0.15, 0.2) is 0 Å². The number of nitrogens with zero attached hydrogens (tertiary/aromatic N) is 2. The predicted molar refractivity (Wildman–Crippen MR) is 79.3 cm³/mol. The Kier molecular flexibility index (Phi) is 6.73. The largest absolute Gasteiger partial charge is 0.316 e. The van der Waals surface area contributed by atoms with Crippen LogP contribution in [0.4, 0.5) is 0 Å². The highest BCUT2D eigenvalue weighted by molar-refractivity contribution is 7.86. The Labute approximate surface area is 118 Å². The average molecular weight is 291 g/mol. The molecule has 5 nitrogen and oxygen atoms in total. The zero-order valence-corrected chi connectivity index (χ0v) is 13.5. The van der Waals surface area contributed by atoms with Crippen molar-refractivity contribution in [1.82, 2.24) is 13.9 Å². The van der Waals surface area contributed by atoms with Crippen molar-refractivity contribution in [3.63, 3.8) is 0 Å². The van der Waals surface area contributed by atoms with Crippen LogP contribution in [-0.2, 0) is 10.2 Å². The molecule has 1 aliphatic rings. The van der Waals surface area contributed by atoms with E-state index in [2.05, 4.69) is 5.32 Å². The number of hydrogen-bond donors (Lipinski definition) is 1. The Morgan fingerprint density at radius 2 is 1.89 bits per heavy atom. The first-order chi connectivity index (χ1) is 8.93. The molecule has 1 N–H and O–H groups in total. The first-order valence-corrected chi connectivity index (χ1v) is 8.80. The third kappa shape index (κ3) is 4.41. The molecule has 0 aromatic rings. The molecule has 1 aliphatic heterocycles. The fourth-order valence-corrected chi connectivity index (χ4v) is 4.49.